The predicted molar refractivity (Wildman–Crippen MR) is 107 cm³/mol. The van der Waals surface area contributed by atoms with Gasteiger partial charge in [0.05, 0.1) is 12.2 Å². The van der Waals surface area contributed by atoms with Gasteiger partial charge in [0, 0.05) is 44.1 Å². The van der Waals surface area contributed by atoms with Crippen molar-refractivity contribution in [3.63, 3.8) is 0 Å². The predicted octanol–water partition coefficient (Wildman–Crippen LogP) is 2.51. The summed E-state index contributed by atoms with van der Waals surface area (Å²) in [6, 6.07) is 0. The molecule has 26 heavy (non-hydrogen) atoms. The Labute approximate surface area is 156 Å². The molecule has 1 aliphatic rings. The Morgan fingerprint density at radius 3 is 2.62 bits per heavy atom. The van der Waals surface area contributed by atoms with Gasteiger partial charge in [-0.15, -0.1) is 12.8 Å². The van der Waals surface area contributed by atoms with Crippen LogP contribution in [0, 0.1) is 18.8 Å². The van der Waals surface area contributed by atoms with Gasteiger partial charge in [0.15, 0.2) is 0 Å². The van der Waals surface area contributed by atoms with Crippen LogP contribution in [-0.4, -0.2) is 28.5 Å². The zero-order chi connectivity index (χ0) is 19.5. The molecule has 0 radical (unpaired) electrons. The molecule has 1 aromatic heterocycles. The van der Waals surface area contributed by atoms with Crippen LogP contribution in [0.15, 0.2) is 60.3 Å². The average molecular weight is 352 g/mol. The van der Waals surface area contributed by atoms with Crippen molar-refractivity contribution in [3.05, 3.63) is 65.9 Å². The fourth-order valence-electron chi connectivity index (χ4n) is 2.50. The number of nitrogens with one attached hydrogen (secondary N) is 2. The van der Waals surface area contributed by atoms with E-state index in [1.54, 1.807) is 6.33 Å². The van der Waals surface area contributed by atoms with Crippen molar-refractivity contribution in [1.29, 1.82) is 0 Å². The Morgan fingerprint density at radius 1 is 1.46 bits per heavy atom. The Hall–Kier alpha value is -2.84. The lowest BCUT2D eigenvalue weighted by Gasteiger charge is -2.26. The van der Waals surface area contributed by atoms with Gasteiger partial charge in [0.25, 0.3) is 0 Å². The molecule has 0 saturated carbocycles. The van der Waals surface area contributed by atoms with Gasteiger partial charge in [-0.25, -0.2) is 4.98 Å². The van der Waals surface area contributed by atoms with Gasteiger partial charge < -0.3 is 15.2 Å². The van der Waals surface area contributed by atoms with Crippen molar-refractivity contribution in [3.8, 4) is 12.8 Å². The van der Waals surface area contributed by atoms with Gasteiger partial charge in [0.2, 0.25) is 5.91 Å². The van der Waals surface area contributed by atoms with E-state index in [4.69, 9.17) is 0 Å². The van der Waals surface area contributed by atoms with Crippen LogP contribution < -0.4 is 10.6 Å². The number of imidazole rings is 1. The second-order valence-electron chi connectivity index (χ2n) is 5.98. The largest absolute Gasteiger partial charge is 0.337 e. The van der Waals surface area contributed by atoms with E-state index in [1.807, 2.05) is 49.9 Å². The van der Waals surface area contributed by atoms with Crippen molar-refractivity contribution in [2.75, 3.05) is 13.1 Å². The molecule has 0 aromatic carbocycles. The third-order valence-corrected chi connectivity index (χ3v) is 4.16. The van der Waals surface area contributed by atoms with Crippen molar-refractivity contribution < 1.29 is 4.79 Å². The van der Waals surface area contributed by atoms with Crippen LogP contribution in [0.25, 0.3) is 0 Å². The molecule has 5 heteroatoms. The van der Waals surface area contributed by atoms with Crippen LogP contribution in [0.5, 0.6) is 0 Å². The number of hydrogen-bond acceptors (Lipinski definition) is 3. The molecule has 0 bridgehead atoms. The molecular weight excluding hydrogens is 324 g/mol. The van der Waals surface area contributed by atoms with Crippen molar-refractivity contribution >= 4 is 5.91 Å². The molecule has 0 unspecified atom stereocenters. The van der Waals surface area contributed by atoms with Crippen LogP contribution in [0.4, 0.5) is 0 Å². The Balaban J connectivity index is 0.00000163. The van der Waals surface area contributed by atoms with E-state index in [0.717, 1.165) is 42.0 Å². The topological polar surface area (TPSA) is 59.0 Å². The molecule has 1 aliphatic heterocycles. The number of terminal acetylenes is 1. The van der Waals surface area contributed by atoms with E-state index in [2.05, 4.69) is 41.1 Å². The molecule has 2 N–H and O–H groups in total. The quantitative estimate of drug-likeness (QED) is 0.586. The lowest BCUT2D eigenvalue weighted by atomic mass is 10.0. The minimum absolute atomic E-state index is 0.0779. The standard InChI is InChI=1S/C19H26N4O.C2H2/c1-5-15(6-2)16(7-8-18-12-21-13-23(18)4)9-14(3)22-19(24)17-10-20-11-17;1-2/h5-7,9,12-13,17,20H,1,8,10-11H2,2-4H3,(H,22,24);1-2H/b14-9+,15-6-,16-7-;. The zero-order valence-corrected chi connectivity index (χ0v) is 15.8. The first-order valence-electron chi connectivity index (χ1n) is 8.52. The van der Waals surface area contributed by atoms with Gasteiger partial charge in [-0.3, -0.25) is 4.79 Å². The number of hydrogen-bond donors (Lipinski definition) is 2. The molecule has 138 valence electrons. The van der Waals surface area contributed by atoms with E-state index in [9.17, 15) is 4.79 Å². The summed E-state index contributed by atoms with van der Waals surface area (Å²) in [5, 5.41) is 6.09. The minimum atomic E-state index is 0.0779. The number of nitrogens with zero attached hydrogens (tertiary/aromatic N) is 2. The molecule has 1 aromatic rings. The van der Waals surface area contributed by atoms with Crippen LogP contribution in [0.2, 0.25) is 0 Å². The average Bonchev–Trinajstić information content (AvgIpc) is 2.98. The van der Waals surface area contributed by atoms with Gasteiger partial charge in [0.1, 0.15) is 0 Å². The number of rotatable bonds is 7. The minimum Gasteiger partial charge on any atom is -0.337 e. The Kier molecular flexibility index (Phi) is 8.90. The molecule has 1 amide bonds. The number of amides is 1. The van der Waals surface area contributed by atoms with Crippen molar-refractivity contribution in [1.82, 2.24) is 20.2 Å². The highest BCUT2D eigenvalue weighted by atomic mass is 16.2. The van der Waals surface area contributed by atoms with Gasteiger partial charge >= 0.3 is 0 Å². The second-order valence-corrected chi connectivity index (χ2v) is 5.98. The summed E-state index contributed by atoms with van der Waals surface area (Å²) in [6.07, 6.45) is 20.4. The van der Waals surface area contributed by atoms with Crippen LogP contribution in [0.1, 0.15) is 19.5 Å². The molecule has 0 atom stereocenters. The molecular formula is C21H28N4O. The molecule has 5 nitrogen and oxygen atoms in total. The Morgan fingerprint density at radius 2 is 2.15 bits per heavy atom. The van der Waals surface area contributed by atoms with Crippen LogP contribution in [-0.2, 0) is 18.3 Å². The monoisotopic (exact) mass is 352 g/mol. The second kappa shape index (κ2) is 10.9. The third-order valence-electron chi connectivity index (χ3n) is 4.16. The number of aromatic nitrogens is 2. The van der Waals surface area contributed by atoms with Gasteiger partial charge in [-0.2, -0.15) is 0 Å². The lowest BCUT2D eigenvalue weighted by molar-refractivity contribution is -0.125. The highest BCUT2D eigenvalue weighted by molar-refractivity contribution is 5.81. The first kappa shape index (κ1) is 21.2. The number of carbonyl (C=O) groups excluding carboxylic acids is 1. The lowest BCUT2D eigenvalue weighted by Crippen LogP contribution is -2.50. The van der Waals surface area contributed by atoms with Gasteiger partial charge in [-0.05, 0) is 31.1 Å². The Bertz CT molecular complexity index is 730. The first-order chi connectivity index (χ1) is 12.5. The molecule has 0 aliphatic carbocycles. The maximum atomic E-state index is 12.1. The van der Waals surface area contributed by atoms with Gasteiger partial charge in [-0.1, -0.05) is 24.8 Å². The fraction of sp³-hybridized carbons (Fsp3) is 0.333. The third kappa shape index (κ3) is 5.91. The summed E-state index contributed by atoms with van der Waals surface area (Å²) in [7, 11) is 1.98. The molecule has 1 fully saturated rings. The van der Waals surface area contributed by atoms with E-state index in [0.29, 0.717) is 0 Å². The van der Waals surface area contributed by atoms with Crippen molar-refractivity contribution in [2.24, 2.45) is 13.0 Å². The highest BCUT2D eigenvalue weighted by Crippen LogP contribution is 2.16. The maximum absolute atomic E-state index is 12.1. The summed E-state index contributed by atoms with van der Waals surface area (Å²) < 4.78 is 2.00. The molecule has 1 saturated heterocycles. The SMILES string of the molecule is C#C.C=CC(=C/C)/C(=C\Cc1cncn1C)/C=C(\C)NC(=O)C1CNC1. The van der Waals surface area contributed by atoms with Crippen molar-refractivity contribution in [2.45, 2.75) is 20.3 Å². The van der Waals surface area contributed by atoms with Crippen LogP contribution >= 0.6 is 0 Å². The number of allylic oxidation sites excluding steroid dienone is 7. The number of carbonyl (C=O) groups is 1. The summed E-state index contributed by atoms with van der Waals surface area (Å²) in [5.74, 6) is 0.157. The zero-order valence-electron chi connectivity index (χ0n) is 15.8. The first-order valence-corrected chi connectivity index (χ1v) is 8.52. The summed E-state index contributed by atoms with van der Waals surface area (Å²) in [4.78, 5) is 16.2. The van der Waals surface area contributed by atoms with E-state index < -0.39 is 0 Å². The summed E-state index contributed by atoms with van der Waals surface area (Å²) >= 11 is 0. The smallest absolute Gasteiger partial charge is 0.229 e. The molecule has 0 spiro atoms. The molecule has 2 heterocycles. The fourth-order valence-corrected chi connectivity index (χ4v) is 2.50. The number of aryl methyl sites for hydroxylation is 1. The highest BCUT2D eigenvalue weighted by Gasteiger charge is 2.24. The summed E-state index contributed by atoms with van der Waals surface area (Å²) in [5.41, 5.74) is 4.04. The van der Waals surface area contributed by atoms with Crippen LogP contribution in [0.3, 0.4) is 0 Å². The maximum Gasteiger partial charge on any atom is 0.229 e. The molecule has 2 rings (SSSR count). The normalized spacial score (nSPS) is 15.5. The summed E-state index contributed by atoms with van der Waals surface area (Å²) in [6.45, 7) is 9.30. The van der Waals surface area contributed by atoms with E-state index in [-0.39, 0.29) is 11.8 Å². The van der Waals surface area contributed by atoms with E-state index in [1.165, 1.54) is 0 Å². The van der Waals surface area contributed by atoms with E-state index >= 15 is 0 Å².